The Morgan fingerprint density at radius 1 is 1.44 bits per heavy atom. The molecule has 1 aromatic rings. The molecule has 2 unspecified atom stereocenters. The molecule has 0 bridgehead atoms. The number of benzene rings is 1. The summed E-state index contributed by atoms with van der Waals surface area (Å²) in [5.41, 5.74) is -1.02. The molecule has 0 spiro atoms. The molecule has 0 saturated heterocycles. The van der Waals surface area contributed by atoms with Crippen LogP contribution in [0.5, 0.6) is 0 Å². The summed E-state index contributed by atoms with van der Waals surface area (Å²) in [7, 11) is 0. The Hall–Kier alpha value is -0.960. The average molecular weight is 226 g/mol. The van der Waals surface area contributed by atoms with Gasteiger partial charge in [-0.1, -0.05) is 19.4 Å². The number of hydrogen-bond acceptors (Lipinski definition) is 1. The van der Waals surface area contributed by atoms with E-state index >= 15 is 0 Å². The summed E-state index contributed by atoms with van der Waals surface area (Å²) in [4.78, 5) is 0. The van der Waals surface area contributed by atoms with Gasteiger partial charge in [0.05, 0.1) is 11.2 Å². The van der Waals surface area contributed by atoms with Crippen LogP contribution in [0.15, 0.2) is 12.1 Å². The molecule has 1 aromatic carbocycles. The van der Waals surface area contributed by atoms with E-state index in [2.05, 4.69) is 0 Å². The van der Waals surface area contributed by atoms with E-state index in [1.54, 1.807) is 6.92 Å². The van der Waals surface area contributed by atoms with Crippen LogP contribution in [0, 0.1) is 24.5 Å². The first-order valence-electron chi connectivity index (χ1n) is 5.68. The smallest absolute Gasteiger partial charge is 0.135 e. The molecule has 0 aromatic heterocycles. The third-order valence-electron chi connectivity index (χ3n) is 3.43. The molecule has 3 heteroatoms. The van der Waals surface area contributed by atoms with E-state index in [-0.39, 0.29) is 11.5 Å². The summed E-state index contributed by atoms with van der Waals surface area (Å²) < 4.78 is 27.4. The largest absolute Gasteiger partial charge is 0.385 e. The maximum atomic E-state index is 13.8. The molecule has 0 aliphatic heterocycles. The van der Waals surface area contributed by atoms with Crippen molar-refractivity contribution in [2.75, 3.05) is 0 Å². The Labute approximate surface area is 94.1 Å². The highest BCUT2D eigenvalue weighted by atomic mass is 19.1. The lowest BCUT2D eigenvalue weighted by Gasteiger charge is -2.14. The standard InChI is InChI=1S/C13H16F2O/c1-3-4-9-7-13(9,16)11-10(14)6-5-8(2)12(11)15/h5-6,9,16H,3-4,7H2,1-2H3. The molecule has 0 heterocycles. The van der Waals surface area contributed by atoms with Crippen LogP contribution >= 0.6 is 0 Å². The normalized spacial score (nSPS) is 28.2. The van der Waals surface area contributed by atoms with Gasteiger partial charge in [-0.15, -0.1) is 0 Å². The van der Waals surface area contributed by atoms with Gasteiger partial charge in [0.2, 0.25) is 0 Å². The van der Waals surface area contributed by atoms with E-state index in [9.17, 15) is 13.9 Å². The van der Waals surface area contributed by atoms with Crippen LogP contribution in [-0.2, 0) is 5.60 Å². The predicted molar refractivity (Wildman–Crippen MR) is 58.0 cm³/mol. The lowest BCUT2D eigenvalue weighted by molar-refractivity contribution is 0.119. The van der Waals surface area contributed by atoms with E-state index in [4.69, 9.17) is 0 Å². The molecule has 1 aliphatic carbocycles. The predicted octanol–water partition coefficient (Wildman–Crippen LogP) is 3.28. The molecule has 1 N–H and O–H groups in total. The fraction of sp³-hybridized carbons (Fsp3) is 0.538. The maximum Gasteiger partial charge on any atom is 0.135 e. The van der Waals surface area contributed by atoms with Gasteiger partial charge >= 0.3 is 0 Å². The van der Waals surface area contributed by atoms with Crippen LogP contribution in [0.3, 0.4) is 0 Å². The first-order chi connectivity index (χ1) is 7.50. The van der Waals surface area contributed by atoms with Crippen molar-refractivity contribution < 1.29 is 13.9 Å². The minimum atomic E-state index is -1.27. The Morgan fingerprint density at radius 2 is 2.12 bits per heavy atom. The number of rotatable bonds is 3. The molecule has 2 rings (SSSR count). The van der Waals surface area contributed by atoms with E-state index in [0.717, 1.165) is 12.8 Å². The Balaban J connectivity index is 2.38. The Kier molecular flexibility index (Phi) is 2.74. The van der Waals surface area contributed by atoms with E-state index in [1.165, 1.54) is 12.1 Å². The van der Waals surface area contributed by atoms with Gasteiger partial charge in [0.1, 0.15) is 11.6 Å². The minimum absolute atomic E-state index is 0.00306. The average Bonchev–Trinajstić information content (AvgIpc) is 2.85. The molecule has 16 heavy (non-hydrogen) atoms. The van der Waals surface area contributed by atoms with Crippen LogP contribution in [0.25, 0.3) is 0 Å². The zero-order valence-electron chi connectivity index (χ0n) is 9.56. The van der Waals surface area contributed by atoms with Crippen molar-refractivity contribution in [2.45, 2.75) is 38.7 Å². The molecule has 1 fully saturated rings. The highest BCUT2D eigenvalue weighted by Gasteiger charge is 2.56. The lowest BCUT2D eigenvalue weighted by Crippen LogP contribution is -2.15. The van der Waals surface area contributed by atoms with Gasteiger partial charge in [0.25, 0.3) is 0 Å². The SMILES string of the molecule is CCCC1CC1(O)c1c(F)ccc(C)c1F. The summed E-state index contributed by atoms with van der Waals surface area (Å²) in [6.45, 7) is 3.58. The zero-order chi connectivity index (χ0) is 11.9. The first kappa shape index (κ1) is 11.5. The topological polar surface area (TPSA) is 20.2 Å². The molecule has 0 amide bonds. The van der Waals surface area contributed by atoms with Crippen molar-refractivity contribution in [2.24, 2.45) is 5.92 Å². The van der Waals surface area contributed by atoms with Crippen molar-refractivity contribution in [3.8, 4) is 0 Å². The summed E-state index contributed by atoms with van der Waals surface area (Å²) in [6, 6.07) is 2.63. The van der Waals surface area contributed by atoms with Gasteiger partial charge in [-0.05, 0) is 37.3 Å². The van der Waals surface area contributed by atoms with Crippen LogP contribution in [-0.4, -0.2) is 5.11 Å². The molecule has 88 valence electrons. The second-order valence-corrected chi connectivity index (χ2v) is 4.67. The van der Waals surface area contributed by atoms with Crippen LogP contribution in [0.4, 0.5) is 8.78 Å². The second kappa shape index (κ2) is 3.81. The molecular weight excluding hydrogens is 210 g/mol. The van der Waals surface area contributed by atoms with Crippen molar-refractivity contribution in [3.63, 3.8) is 0 Å². The minimum Gasteiger partial charge on any atom is -0.385 e. The Morgan fingerprint density at radius 3 is 2.75 bits per heavy atom. The van der Waals surface area contributed by atoms with E-state index in [1.807, 2.05) is 6.92 Å². The number of aliphatic hydroxyl groups is 1. The molecule has 1 nitrogen and oxygen atoms in total. The summed E-state index contributed by atoms with van der Waals surface area (Å²) >= 11 is 0. The summed E-state index contributed by atoms with van der Waals surface area (Å²) in [5.74, 6) is -1.23. The van der Waals surface area contributed by atoms with Gasteiger partial charge in [0.15, 0.2) is 0 Å². The number of aryl methyl sites for hydroxylation is 1. The van der Waals surface area contributed by atoms with Gasteiger partial charge in [-0.3, -0.25) is 0 Å². The third kappa shape index (κ3) is 1.63. The van der Waals surface area contributed by atoms with Gasteiger partial charge in [-0.2, -0.15) is 0 Å². The monoisotopic (exact) mass is 226 g/mol. The van der Waals surface area contributed by atoms with Crippen molar-refractivity contribution >= 4 is 0 Å². The van der Waals surface area contributed by atoms with Crippen LogP contribution in [0.2, 0.25) is 0 Å². The summed E-state index contributed by atoms with van der Waals surface area (Å²) in [6.07, 6.45) is 2.20. The Bertz CT molecular complexity index is 417. The molecule has 2 atom stereocenters. The third-order valence-corrected chi connectivity index (χ3v) is 3.43. The van der Waals surface area contributed by atoms with Crippen molar-refractivity contribution in [1.82, 2.24) is 0 Å². The first-order valence-corrected chi connectivity index (χ1v) is 5.68. The highest BCUT2D eigenvalue weighted by Crippen LogP contribution is 2.55. The molecule has 1 aliphatic rings. The van der Waals surface area contributed by atoms with E-state index < -0.39 is 17.2 Å². The fourth-order valence-corrected chi connectivity index (χ4v) is 2.37. The quantitative estimate of drug-likeness (QED) is 0.838. The lowest BCUT2D eigenvalue weighted by atomic mass is 10.00. The maximum absolute atomic E-state index is 13.8. The van der Waals surface area contributed by atoms with Gasteiger partial charge < -0.3 is 5.11 Å². The van der Waals surface area contributed by atoms with Crippen molar-refractivity contribution in [3.05, 3.63) is 34.9 Å². The fourth-order valence-electron chi connectivity index (χ4n) is 2.37. The molecule has 1 saturated carbocycles. The molecular formula is C13H16F2O. The second-order valence-electron chi connectivity index (χ2n) is 4.67. The number of halogens is 2. The summed E-state index contributed by atoms with van der Waals surface area (Å²) in [5, 5.41) is 10.2. The number of hydrogen-bond donors (Lipinski definition) is 1. The van der Waals surface area contributed by atoms with Gasteiger partial charge in [-0.25, -0.2) is 8.78 Å². The van der Waals surface area contributed by atoms with Crippen LogP contribution < -0.4 is 0 Å². The van der Waals surface area contributed by atoms with Gasteiger partial charge in [0, 0.05) is 0 Å². The van der Waals surface area contributed by atoms with Crippen LogP contribution in [0.1, 0.15) is 37.3 Å². The van der Waals surface area contributed by atoms with E-state index in [0.29, 0.717) is 12.0 Å². The zero-order valence-corrected chi connectivity index (χ0v) is 9.56. The molecule has 0 radical (unpaired) electrons. The van der Waals surface area contributed by atoms with Crippen molar-refractivity contribution in [1.29, 1.82) is 0 Å². The highest BCUT2D eigenvalue weighted by molar-refractivity contribution is 5.36.